The van der Waals surface area contributed by atoms with Crippen LogP contribution in [0.25, 0.3) is 0 Å². The van der Waals surface area contributed by atoms with Crippen LogP contribution in [0, 0.1) is 47.3 Å². The normalized spacial score (nSPS) is 41.2. The lowest BCUT2D eigenvalue weighted by atomic mass is 9.75. The standard InChI is InChI=1S/C24H34F6O3/c1-12(2)16-7-4-13(3)8-19(16)32-11-33-22(23(25,26)27,24(28,29)30)18-10-17-14-5-6-15(9-14)20(17)21(18)31/h5-6,12-21,31H,4,7-11H2,1-3H3. The molecule has 2 bridgehead atoms. The van der Waals surface area contributed by atoms with E-state index in [1.165, 1.54) is 0 Å². The van der Waals surface area contributed by atoms with E-state index in [1.807, 2.05) is 32.9 Å². The molecule has 3 saturated carbocycles. The summed E-state index contributed by atoms with van der Waals surface area (Å²) in [6, 6.07) is 0. The van der Waals surface area contributed by atoms with Crippen molar-refractivity contribution >= 4 is 0 Å². The summed E-state index contributed by atoms with van der Waals surface area (Å²) in [6.45, 7) is 4.84. The first kappa shape index (κ1) is 25.3. The van der Waals surface area contributed by atoms with Gasteiger partial charge in [-0.15, -0.1) is 0 Å². The highest BCUT2D eigenvalue weighted by Gasteiger charge is 2.79. The van der Waals surface area contributed by atoms with Crippen LogP contribution in [0.3, 0.4) is 0 Å². The second-order valence-corrected chi connectivity index (χ2v) is 11.0. The Morgan fingerprint density at radius 3 is 2.15 bits per heavy atom. The lowest BCUT2D eigenvalue weighted by molar-refractivity contribution is -0.416. The summed E-state index contributed by atoms with van der Waals surface area (Å²) in [7, 11) is 0. The zero-order valence-corrected chi connectivity index (χ0v) is 19.2. The van der Waals surface area contributed by atoms with E-state index in [1.54, 1.807) is 0 Å². The first-order chi connectivity index (χ1) is 15.3. The van der Waals surface area contributed by atoms with Crippen molar-refractivity contribution in [2.45, 2.75) is 83.0 Å². The van der Waals surface area contributed by atoms with Crippen LogP contribution in [0.4, 0.5) is 26.3 Å². The summed E-state index contributed by atoms with van der Waals surface area (Å²) in [5, 5.41) is 10.8. The van der Waals surface area contributed by atoms with E-state index >= 15 is 0 Å². The zero-order chi connectivity index (χ0) is 24.3. The van der Waals surface area contributed by atoms with E-state index in [0.717, 1.165) is 12.8 Å². The number of aliphatic hydroxyl groups is 1. The molecule has 4 aliphatic carbocycles. The Morgan fingerprint density at radius 1 is 0.939 bits per heavy atom. The highest BCUT2D eigenvalue weighted by Crippen LogP contribution is 2.63. The number of ether oxygens (including phenoxy) is 2. The third-order valence-electron chi connectivity index (χ3n) is 8.92. The summed E-state index contributed by atoms with van der Waals surface area (Å²) < 4.78 is 96.1. The van der Waals surface area contributed by atoms with E-state index in [0.29, 0.717) is 12.8 Å². The molecule has 190 valence electrons. The number of rotatable bonds is 6. The molecule has 0 radical (unpaired) electrons. The van der Waals surface area contributed by atoms with Gasteiger partial charge in [-0.2, -0.15) is 26.3 Å². The zero-order valence-electron chi connectivity index (χ0n) is 19.2. The molecule has 9 unspecified atom stereocenters. The van der Waals surface area contributed by atoms with Crippen molar-refractivity contribution in [2.24, 2.45) is 47.3 Å². The quantitative estimate of drug-likeness (QED) is 0.280. The van der Waals surface area contributed by atoms with Crippen molar-refractivity contribution in [1.82, 2.24) is 0 Å². The van der Waals surface area contributed by atoms with Gasteiger partial charge in [0.2, 0.25) is 0 Å². The molecule has 9 heteroatoms. The van der Waals surface area contributed by atoms with Crippen LogP contribution in [0.2, 0.25) is 0 Å². The van der Waals surface area contributed by atoms with E-state index in [-0.39, 0.29) is 36.0 Å². The maximum absolute atomic E-state index is 14.3. The molecule has 4 aliphatic rings. The summed E-state index contributed by atoms with van der Waals surface area (Å²) in [4.78, 5) is 0. The Kier molecular flexibility index (Phi) is 6.67. The minimum atomic E-state index is -5.75. The van der Waals surface area contributed by atoms with E-state index in [4.69, 9.17) is 9.47 Å². The second kappa shape index (κ2) is 8.70. The van der Waals surface area contributed by atoms with Gasteiger partial charge in [0, 0.05) is 5.92 Å². The van der Waals surface area contributed by atoms with Gasteiger partial charge in [0.15, 0.2) is 0 Å². The molecular weight excluding hydrogens is 450 g/mol. The molecule has 9 atom stereocenters. The Labute approximate surface area is 190 Å². The van der Waals surface area contributed by atoms with Gasteiger partial charge >= 0.3 is 12.4 Å². The highest BCUT2D eigenvalue weighted by molar-refractivity contribution is 5.21. The Balaban J connectivity index is 1.57. The van der Waals surface area contributed by atoms with Crippen molar-refractivity contribution < 1.29 is 40.9 Å². The fraction of sp³-hybridized carbons (Fsp3) is 0.917. The highest BCUT2D eigenvalue weighted by atomic mass is 19.4. The van der Waals surface area contributed by atoms with E-state index in [9.17, 15) is 31.4 Å². The molecule has 0 aliphatic heterocycles. The third kappa shape index (κ3) is 4.14. The van der Waals surface area contributed by atoms with Gasteiger partial charge in [-0.05, 0) is 67.1 Å². The van der Waals surface area contributed by atoms with Crippen LogP contribution in [0.1, 0.15) is 52.9 Å². The van der Waals surface area contributed by atoms with Gasteiger partial charge in [0.1, 0.15) is 6.79 Å². The Hall–Kier alpha value is -0.800. The molecule has 0 amide bonds. The number of fused-ring (bicyclic) bond motifs is 5. The van der Waals surface area contributed by atoms with Crippen LogP contribution in [0.5, 0.6) is 0 Å². The van der Waals surface area contributed by atoms with Crippen LogP contribution in [-0.4, -0.2) is 42.1 Å². The number of aliphatic hydroxyl groups excluding tert-OH is 1. The summed E-state index contributed by atoms with van der Waals surface area (Å²) in [5.41, 5.74) is -4.46. The minimum Gasteiger partial charge on any atom is -0.392 e. The number of hydrogen-bond donors (Lipinski definition) is 1. The van der Waals surface area contributed by atoms with Gasteiger partial charge in [0.05, 0.1) is 12.2 Å². The van der Waals surface area contributed by atoms with Crippen molar-refractivity contribution in [1.29, 1.82) is 0 Å². The fourth-order valence-corrected chi connectivity index (χ4v) is 7.28. The van der Waals surface area contributed by atoms with E-state index in [2.05, 4.69) is 0 Å². The molecular formula is C24H34F6O3. The van der Waals surface area contributed by atoms with Crippen LogP contribution < -0.4 is 0 Å². The van der Waals surface area contributed by atoms with E-state index < -0.39 is 54.7 Å². The van der Waals surface area contributed by atoms with Gasteiger partial charge in [-0.3, -0.25) is 0 Å². The lowest BCUT2D eigenvalue weighted by Gasteiger charge is -2.44. The summed E-state index contributed by atoms with van der Waals surface area (Å²) >= 11 is 0. The maximum Gasteiger partial charge on any atom is 0.426 e. The average molecular weight is 485 g/mol. The molecule has 33 heavy (non-hydrogen) atoms. The topological polar surface area (TPSA) is 38.7 Å². The molecule has 3 nitrogen and oxygen atoms in total. The monoisotopic (exact) mass is 484 g/mol. The van der Waals surface area contributed by atoms with Crippen molar-refractivity contribution in [3.05, 3.63) is 12.2 Å². The fourth-order valence-electron chi connectivity index (χ4n) is 7.28. The van der Waals surface area contributed by atoms with Gasteiger partial charge in [-0.25, -0.2) is 0 Å². The second-order valence-electron chi connectivity index (χ2n) is 11.0. The van der Waals surface area contributed by atoms with Crippen LogP contribution in [0.15, 0.2) is 12.2 Å². The number of alkyl halides is 6. The molecule has 3 fully saturated rings. The van der Waals surface area contributed by atoms with Crippen molar-refractivity contribution in [3.8, 4) is 0 Å². The Morgan fingerprint density at radius 2 is 1.58 bits per heavy atom. The maximum atomic E-state index is 14.3. The van der Waals surface area contributed by atoms with Gasteiger partial charge in [0.25, 0.3) is 5.60 Å². The number of hydrogen-bond acceptors (Lipinski definition) is 3. The SMILES string of the molecule is CC1CCC(C(C)C)C(OCOC(C2CC3C4C=CC(C4)C3C2O)(C(F)(F)F)C(F)(F)F)C1. The van der Waals surface area contributed by atoms with Gasteiger partial charge < -0.3 is 14.6 Å². The molecule has 0 saturated heterocycles. The minimum absolute atomic E-state index is 0.0501. The summed E-state index contributed by atoms with van der Waals surface area (Å²) in [5.74, 6) is -2.84. The Bertz CT molecular complexity index is 719. The van der Waals surface area contributed by atoms with Crippen LogP contribution >= 0.6 is 0 Å². The smallest absolute Gasteiger partial charge is 0.392 e. The average Bonchev–Trinajstić information content (AvgIpc) is 3.37. The first-order valence-electron chi connectivity index (χ1n) is 12.0. The molecule has 0 aromatic heterocycles. The molecule has 4 rings (SSSR count). The van der Waals surface area contributed by atoms with Crippen molar-refractivity contribution in [2.75, 3.05) is 6.79 Å². The molecule has 1 N–H and O–H groups in total. The summed E-state index contributed by atoms with van der Waals surface area (Å²) in [6.07, 6.45) is -7.36. The largest absolute Gasteiger partial charge is 0.426 e. The molecule has 0 heterocycles. The molecule has 0 aromatic carbocycles. The third-order valence-corrected chi connectivity index (χ3v) is 8.92. The lowest BCUT2D eigenvalue weighted by Crippen LogP contribution is -2.65. The van der Waals surface area contributed by atoms with Crippen LogP contribution in [-0.2, 0) is 9.47 Å². The number of allylic oxidation sites excluding steroid dienone is 2. The predicted molar refractivity (Wildman–Crippen MR) is 109 cm³/mol. The van der Waals surface area contributed by atoms with Crippen molar-refractivity contribution in [3.63, 3.8) is 0 Å². The molecule has 0 spiro atoms. The van der Waals surface area contributed by atoms with Gasteiger partial charge in [-0.1, -0.05) is 39.3 Å². The number of halogens is 6. The predicted octanol–water partition coefficient (Wildman–Crippen LogP) is 6.12. The molecule has 0 aromatic rings. The first-order valence-corrected chi connectivity index (χ1v) is 12.0.